The van der Waals surface area contributed by atoms with E-state index in [-0.39, 0.29) is 13.2 Å². The molecule has 0 radical (unpaired) electrons. The van der Waals surface area contributed by atoms with Gasteiger partial charge >= 0.3 is 11.9 Å². The van der Waals surface area contributed by atoms with Crippen molar-refractivity contribution in [2.75, 3.05) is 13.2 Å². The number of carbonyl (C=O) groups excluding carboxylic acids is 2. The first-order valence-corrected chi connectivity index (χ1v) is 5.29. The van der Waals surface area contributed by atoms with E-state index in [1.54, 1.807) is 20.9 Å². The second-order valence-electron chi connectivity index (χ2n) is 3.22. The topological polar surface area (TPSA) is 83.3 Å². The molecule has 0 N–H and O–H groups in total. The Kier molecular flexibility index (Phi) is 4.62. The van der Waals surface area contributed by atoms with Crippen LogP contribution in [-0.4, -0.2) is 40.1 Å². The van der Waals surface area contributed by atoms with Crippen molar-refractivity contribution in [3.8, 4) is 0 Å². The average molecular weight is 241 g/mol. The molecule has 0 saturated carbocycles. The van der Waals surface area contributed by atoms with Gasteiger partial charge < -0.3 is 9.47 Å². The lowest BCUT2D eigenvalue weighted by Gasteiger charge is -2.13. The predicted octanol–water partition coefficient (Wildman–Crippen LogP) is 0.0249. The molecule has 0 saturated heterocycles. The highest BCUT2D eigenvalue weighted by Gasteiger charge is 2.34. The van der Waals surface area contributed by atoms with Crippen LogP contribution in [0, 0.1) is 0 Å². The number of esters is 2. The van der Waals surface area contributed by atoms with Crippen molar-refractivity contribution in [1.29, 1.82) is 0 Å². The van der Waals surface area contributed by atoms with Crippen molar-refractivity contribution < 1.29 is 19.1 Å². The molecule has 0 amide bonds. The van der Waals surface area contributed by atoms with Crippen LogP contribution < -0.4 is 0 Å². The van der Waals surface area contributed by atoms with Crippen molar-refractivity contribution in [2.45, 2.75) is 19.8 Å². The van der Waals surface area contributed by atoms with Crippen LogP contribution in [0.25, 0.3) is 0 Å². The highest BCUT2D eigenvalue weighted by Crippen LogP contribution is 2.17. The summed E-state index contributed by atoms with van der Waals surface area (Å²) in [7, 11) is 1.59. The number of ether oxygens (including phenoxy) is 2. The maximum atomic E-state index is 11.7. The Hall–Kier alpha value is -1.92. The summed E-state index contributed by atoms with van der Waals surface area (Å²) in [6.45, 7) is 3.73. The molecule has 0 bridgehead atoms. The Morgan fingerprint density at radius 3 is 2.18 bits per heavy atom. The molecule has 1 aromatic rings. The molecule has 7 nitrogen and oxygen atoms in total. The van der Waals surface area contributed by atoms with E-state index in [0.717, 1.165) is 0 Å². The second kappa shape index (κ2) is 5.97. The number of carbonyl (C=O) groups is 2. The standard InChI is InChI=1S/C10H15N3O4/c1-4-16-9(14)8(10(15)17-5-2)7-6-11-12-13(7)3/h6,8H,4-5H2,1-3H3. The number of nitrogens with zero attached hydrogens (tertiary/aromatic N) is 3. The molecular formula is C10H15N3O4. The molecule has 1 rings (SSSR count). The van der Waals surface area contributed by atoms with Crippen molar-refractivity contribution in [3.05, 3.63) is 11.9 Å². The Morgan fingerprint density at radius 1 is 1.29 bits per heavy atom. The van der Waals surface area contributed by atoms with Crippen LogP contribution in [0.15, 0.2) is 6.20 Å². The van der Waals surface area contributed by atoms with Gasteiger partial charge in [0.05, 0.1) is 25.1 Å². The van der Waals surface area contributed by atoms with Crippen LogP contribution in [0.3, 0.4) is 0 Å². The molecular weight excluding hydrogens is 226 g/mol. The third-order valence-corrected chi connectivity index (χ3v) is 2.09. The maximum absolute atomic E-state index is 11.7. The zero-order valence-corrected chi connectivity index (χ0v) is 10.0. The Bertz CT molecular complexity index is 384. The average Bonchev–Trinajstić information content (AvgIpc) is 2.66. The second-order valence-corrected chi connectivity index (χ2v) is 3.22. The molecule has 1 aromatic heterocycles. The molecule has 0 atom stereocenters. The first kappa shape index (κ1) is 13.1. The number of hydrogen-bond acceptors (Lipinski definition) is 6. The summed E-state index contributed by atoms with van der Waals surface area (Å²) in [5.74, 6) is -2.44. The molecule has 0 fully saturated rings. The quantitative estimate of drug-likeness (QED) is 0.534. The van der Waals surface area contributed by atoms with Crippen LogP contribution in [0.5, 0.6) is 0 Å². The van der Waals surface area contributed by atoms with Crippen LogP contribution in [0.1, 0.15) is 25.5 Å². The minimum Gasteiger partial charge on any atom is -0.465 e. The van der Waals surface area contributed by atoms with Gasteiger partial charge in [-0.15, -0.1) is 5.10 Å². The van der Waals surface area contributed by atoms with Gasteiger partial charge in [0.2, 0.25) is 0 Å². The molecule has 0 aliphatic rings. The van der Waals surface area contributed by atoms with Crippen LogP contribution >= 0.6 is 0 Å². The monoisotopic (exact) mass is 241 g/mol. The van der Waals surface area contributed by atoms with Crippen molar-refractivity contribution in [1.82, 2.24) is 15.0 Å². The predicted molar refractivity (Wildman–Crippen MR) is 57.0 cm³/mol. The van der Waals surface area contributed by atoms with Gasteiger partial charge in [-0.1, -0.05) is 5.21 Å². The molecule has 1 heterocycles. The van der Waals surface area contributed by atoms with Crippen molar-refractivity contribution in [2.24, 2.45) is 7.05 Å². The molecule has 0 unspecified atom stereocenters. The fraction of sp³-hybridized carbons (Fsp3) is 0.600. The highest BCUT2D eigenvalue weighted by atomic mass is 16.6. The van der Waals surface area contributed by atoms with E-state index >= 15 is 0 Å². The molecule has 17 heavy (non-hydrogen) atoms. The summed E-state index contributed by atoms with van der Waals surface area (Å²) in [6.07, 6.45) is 1.35. The third-order valence-electron chi connectivity index (χ3n) is 2.09. The maximum Gasteiger partial charge on any atom is 0.326 e. The first-order chi connectivity index (χ1) is 8.11. The lowest BCUT2D eigenvalue weighted by atomic mass is 10.1. The van der Waals surface area contributed by atoms with E-state index in [9.17, 15) is 9.59 Å². The first-order valence-electron chi connectivity index (χ1n) is 5.29. The van der Waals surface area contributed by atoms with Crippen molar-refractivity contribution in [3.63, 3.8) is 0 Å². The largest absolute Gasteiger partial charge is 0.465 e. The highest BCUT2D eigenvalue weighted by molar-refractivity contribution is 6.00. The number of aryl methyl sites for hydroxylation is 1. The van der Waals surface area contributed by atoms with Gasteiger partial charge in [0, 0.05) is 7.05 Å². The number of hydrogen-bond donors (Lipinski definition) is 0. The summed E-state index contributed by atoms with van der Waals surface area (Å²) >= 11 is 0. The smallest absolute Gasteiger partial charge is 0.326 e. The minimum absolute atomic E-state index is 0.194. The van der Waals surface area contributed by atoms with E-state index in [1.165, 1.54) is 10.9 Å². The lowest BCUT2D eigenvalue weighted by molar-refractivity contribution is -0.157. The zero-order chi connectivity index (χ0) is 12.8. The Morgan fingerprint density at radius 2 is 1.82 bits per heavy atom. The number of aromatic nitrogens is 3. The molecule has 7 heteroatoms. The fourth-order valence-electron chi connectivity index (χ4n) is 1.35. The molecule has 0 spiro atoms. The van der Waals surface area contributed by atoms with Gasteiger partial charge in [0.1, 0.15) is 0 Å². The third kappa shape index (κ3) is 3.02. The van der Waals surface area contributed by atoms with Gasteiger partial charge in [0.15, 0.2) is 5.92 Å². The molecule has 0 aromatic carbocycles. The van der Waals surface area contributed by atoms with Crippen LogP contribution in [-0.2, 0) is 26.1 Å². The lowest BCUT2D eigenvalue weighted by Crippen LogP contribution is -2.28. The summed E-state index contributed by atoms with van der Waals surface area (Å²) < 4.78 is 11.0. The molecule has 0 aliphatic carbocycles. The van der Waals surface area contributed by atoms with Gasteiger partial charge in [-0.2, -0.15) is 0 Å². The molecule has 0 aliphatic heterocycles. The summed E-state index contributed by atoms with van der Waals surface area (Å²) in [6, 6.07) is 0. The van der Waals surface area contributed by atoms with Gasteiger partial charge in [-0.3, -0.25) is 14.3 Å². The van der Waals surface area contributed by atoms with E-state index < -0.39 is 17.9 Å². The fourth-order valence-corrected chi connectivity index (χ4v) is 1.35. The van der Waals surface area contributed by atoms with Crippen LogP contribution in [0.2, 0.25) is 0 Å². The number of rotatable bonds is 5. The Labute approximate surface area is 98.7 Å². The zero-order valence-electron chi connectivity index (χ0n) is 10.0. The summed E-state index contributed by atoms with van der Waals surface area (Å²) in [4.78, 5) is 23.4. The van der Waals surface area contributed by atoms with Gasteiger partial charge in [-0.25, -0.2) is 0 Å². The van der Waals surface area contributed by atoms with Gasteiger partial charge in [0.25, 0.3) is 0 Å². The SMILES string of the molecule is CCOC(=O)C(C(=O)OCC)c1cnnn1C. The van der Waals surface area contributed by atoms with E-state index in [4.69, 9.17) is 9.47 Å². The van der Waals surface area contributed by atoms with E-state index in [2.05, 4.69) is 10.3 Å². The van der Waals surface area contributed by atoms with Crippen molar-refractivity contribution >= 4 is 11.9 Å². The Balaban J connectivity index is 2.98. The van der Waals surface area contributed by atoms with Gasteiger partial charge in [-0.05, 0) is 13.8 Å². The summed E-state index contributed by atoms with van der Waals surface area (Å²) in [5.41, 5.74) is 0.349. The normalized spacial score (nSPS) is 10.4. The van der Waals surface area contributed by atoms with Crippen LogP contribution in [0.4, 0.5) is 0 Å². The van der Waals surface area contributed by atoms with E-state index in [0.29, 0.717) is 5.69 Å². The minimum atomic E-state index is -1.13. The summed E-state index contributed by atoms with van der Waals surface area (Å²) in [5, 5.41) is 7.30. The molecule has 94 valence electrons. The van der Waals surface area contributed by atoms with E-state index in [1.807, 2.05) is 0 Å².